The van der Waals surface area contributed by atoms with Crippen LogP contribution in [0.4, 0.5) is 10.1 Å². The van der Waals surface area contributed by atoms with Crippen molar-refractivity contribution >= 4 is 33.2 Å². The smallest absolute Gasteiger partial charge is 0.134 e. The van der Waals surface area contributed by atoms with Gasteiger partial charge in [-0.15, -0.1) is 0 Å². The van der Waals surface area contributed by atoms with E-state index >= 15 is 0 Å². The van der Waals surface area contributed by atoms with Crippen molar-refractivity contribution in [3.8, 4) is 5.75 Å². The number of nitrogens with one attached hydrogen (secondary N) is 1. The van der Waals surface area contributed by atoms with Gasteiger partial charge in [-0.2, -0.15) is 0 Å². The molecule has 0 aromatic heterocycles. The Morgan fingerprint density at radius 3 is 2.67 bits per heavy atom. The fourth-order valence-corrected chi connectivity index (χ4v) is 2.18. The first kappa shape index (κ1) is 13.2. The van der Waals surface area contributed by atoms with Crippen molar-refractivity contribution < 1.29 is 9.50 Å². The molecule has 0 heterocycles. The summed E-state index contributed by atoms with van der Waals surface area (Å²) in [5.41, 5.74) is 1.72. The van der Waals surface area contributed by atoms with Gasteiger partial charge >= 0.3 is 0 Å². The molecule has 5 heteroatoms. The van der Waals surface area contributed by atoms with Gasteiger partial charge in [0, 0.05) is 16.7 Å². The highest BCUT2D eigenvalue weighted by atomic mass is 79.9. The van der Waals surface area contributed by atoms with Crippen molar-refractivity contribution in [3.05, 3.63) is 57.3 Å². The van der Waals surface area contributed by atoms with E-state index in [9.17, 15) is 9.50 Å². The molecule has 0 saturated carbocycles. The minimum Gasteiger partial charge on any atom is -0.506 e. The van der Waals surface area contributed by atoms with Crippen molar-refractivity contribution in [2.45, 2.75) is 6.54 Å². The zero-order valence-corrected chi connectivity index (χ0v) is 11.6. The molecule has 2 N–H and O–H groups in total. The molecular formula is C13H10BrClFNO. The Bertz CT molecular complexity index is 577. The average Bonchev–Trinajstić information content (AvgIpc) is 2.32. The summed E-state index contributed by atoms with van der Waals surface area (Å²) < 4.78 is 13.6. The first-order chi connectivity index (χ1) is 8.56. The second-order valence-corrected chi connectivity index (χ2v) is 5.03. The molecule has 0 spiro atoms. The lowest BCUT2D eigenvalue weighted by molar-refractivity contribution is 0.475. The van der Waals surface area contributed by atoms with Crippen LogP contribution in [-0.2, 0) is 6.54 Å². The van der Waals surface area contributed by atoms with Crippen LogP contribution in [0.1, 0.15) is 5.56 Å². The fraction of sp³-hybridized carbons (Fsp3) is 0.0769. The van der Waals surface area contributed by atoms with Gasteiger partial charge in [-0.1, -0.05) is 17.7 Å². The number of phenols is 1. The van der Waals surface area contributed by atoms with Crippen LogP contribution < -0.4 is 5.32 Å². The van der Waals surface area contributed by atoms with Gasteiger partial charge in [-0.25, -0.2) is 4.39 Å². The van der Waals surface area contributed by atoms with Gasteiger partial charge in [0.1, 0.15) is 11.6 Å². The van der Waals surface area contributed by atoms with Crippen LogP contribution in [-0.4, -0.2) is 5.11 Å². The van der Waals surface area contributed by atoms with E-state index in [0.717, 1.165) is 11.3 Å². The van der Waals surface area contributed by atoms with Crippen LogP contribution >= 0.6 is 27.5 Å². The third kappa shape index (κ3) is 3.15. The number of aromatic hydroxyl groups is 1. The minimum absolute atomic E-state index is 0.0587. The zero-order valence-electron chi connectivity index (χ0n) is 9.25. The summed E-state index contributed by atoms with van der Waals surface area (Å²) in [6, 6.07) is 9.43. The van der Waals surface area contributed by atoms with Crippen molar-refractivity contribution in [2.24, 2.45) is 0 Å². The van der Waals surface area contributed by atoms with E-state index in [0.29, 0.717) is 16.0 Å². The molecular weight excluding hydrogens is 321 g/mol. The zero-order chi connectivity index (χ0) is 13.1. The predicted molar refractivity (Wildman–Crippen MR) is 74.5 cm³/mol. The molecule has 2 aromatic carbocycles. The molecule has 0 bridgehead atoms. The van der Waals surface area contributed by atoms with Crippen molar-refractivity contribution in [1.29, 1.82) is 0 Å². The highest BCUT2D eigenvalue weighted by molar-refractivity contribution is 9.10. The van der Waals surface area contributed by atoms with Crippen LogP contribution in [0, 0.1) is 5.82 Å². The number of benzene rings is 2. The normalized spacial score (nSPS) is 10.4. The van der Waals surface area contributed by atoms with E-state index in [1.54, 1.807) is 24.3 Å². The summed E-state index contributed by atoms with van der Waals surface area (Å²) in [6.07, 6.45) is 0. The predicted octanol–water partition coefficient (Wildman–Crippen LogP) is 4.56. The number of rotatable bonds is 3. The summed E-state index contributed by atoms with van der Waals surface area (Å²) in [6.45, 7) is 0.532. The minimum atomic E-state index is -0.292. The van der Waals surface area contributed by atoms with Crippen molar-refractivity contribution in [3.63, 3.8) is 0 Å². The van der Waals surface area contributed by atoms with Gasteiger partial charge in [-0.05, 0) is 51.8 Å². The van der Waals surface area contributed by atoms with Gasteiger partial charge in [0.05, 0.1) is 5.02 Å². The highest BCUT2D eigenvalue weighted by Gasteiger charge is 2.03. The van der Waals surface area contributed by atoms with E-state index in [1.807, 2.05) is 0 Å². The number of halogens is 3. The SMILES string of the molecule is Oc1ccc(CNc2ccc(F)cc2Br)cc1Cl. The summed E-state index contributed by atoms with van der Waals surface area (Å²) in [4.78, 5) is 0. The maximum Gasteiger partial charge on any atom is 0.134 e. The number of hydrogen-bond acceptors (Lipinski definition) is 2. The molecule has 0 aliphatic heterocycles. The van der Waals surface area contributed by atoms with Crippen LogP contribution in [0.2, 0.25) is 5.02 Å². The molecule has 0 radical (unpaired) electrons. The Morgan fingerprint density at radius 1 is 1.22 bits per heavy atom. The molecule has 0 unspecified atom stereocenters. The van der Waals surface area contributed by atoms with Gasteiger partial charge in [0.15, 0.2) is 0 Å². The second-order valence-electron chi connectivity index (χ2n) is 3.76. The Balaban J connectivity index is 2.09. The summed E-state index contributed by atoms with van der Waals surface area (Å²) in [7, 11) is 0. The molecule has 18 heavy (non-hydrogen) atoms. The largest absolute Gasteiger partial charge is 0.506 e. The van der Waals surface area contributed by atoms with E-state index in [2.05, 4.69) is 21.2 Å². The van der Waals surface area contributed by atoms with Crippen LogP contribution in [0.3, 0.4) is 0 Å². The molecule has 94 valence electrons. The van der Waals surface area contributed by atoms with E-state index < -0.39 is 0 Å². The molecule has 0 atom stereocenters. The molecule has 0 amide bonds. The monoisotopic (exact) mass is 329 g/mol. The van der Waals surface area contributed by atoms with Gasteiger partial charge < -0.3 is 10.4 Å². The third-order valence-corrected chi connectivity index (χ3v) is 3.39. The molecule has 0 aliphatic rings. The molecule has 0 fully saturated rings. The molecule has 0 aliphatic carbocycles. The van der Waals surface area contributed by atoms with E-state index in [1.165, 1.54) is 12.1 Å². The van der Waals surface area contributed by atoms with Crippen molar-refractivity contribution in [1.82, 2.24) is 0 Å². The lowest BCUT2D eigenvalue weighted by atomic mass is 10.2. The van der Waals surface area contributed by atoms with Gasteiger partial charge in [-0.3, -0.25) is 0 Å². The Morgan fingerprint density at radius 2 is 2.00 bits per heavy atom. The molecule has 2 aromatic rings. The standard InChI is InChI=1S/C13H10BrClFNO/c14-10-6-9(16)2-3-12(10)17-7-8-1-4-13(18)11(15)5-8/h1-6,17-18H,7H2. The maximum absolute atomic E-state index is 12.9. The van der Waals surface area contributed by atoms with E-state index in [-0.39, 0.29) is 11.6 Å². The highest BCUT2D eigenvalue weighted by Crippen LogP contribution is 2.26. The first-order valence-electron chi connectivity index (χ1n) is 5.22. The number of anilines is 1. The Hall–Kier alpha value is -1.26. The average molecular weight is 331 g/mol. The van der Waals surface area contributed by atoms with Gasteiger partial charge in [0.2, 0.25) is 0 Å². The fourth-order valence-electron chi connectivity index (χ4n) is 1.49. The number of phenolic OH excluding ortho intramolecular Hbond substituents is 1. The maximum atomic E-state index is 12.9. The van der Waals surface area contributed by atoms with Crippen LogP contribution in [0.5, 0.6) is 5.75 Å². The lowest BCUT2D eigenvalue weighted by Crippen LogP contribution is -2.00. The summed E-state index contributed by atoms with van der Waals surface area (Å²) >= 11 is 9.09. The molecule has 2 rings (SSSR count). The number of hydrogen-bond donors (Lipinski definition) is 2. The van der Waals surface area contributed by atoms with Crippen molar-refractivity contribution in [2.75, 3.05) is 5.32 Å². The Labute approximate surface area is 118 Å². The molecule has 0 saturated heterocycles. The topological polar surface area (TPSA) is 32.3 Å². The summed E-state index contributed by atoms with van der Waals surface area (Å²) in [5.74, 6) is -0.233. The summed E-state index contributed by atoms with van der Waals surface area (Å²) in [5, 5.41) is 12.8. The lowest BCUT2D eigenvalue weighted by Gasteiger charge is -2.09. The first-order valence-corrected chi connectivity index (χ1v) is 6.39. The second kappa shape index (κ2) is 5.59. The van der Waals surface area contributed by atoms with E-state index in [4.69, 9.17) is 11.6 Å². The van der Waals surface area contributed by atoms with Crippen LogP contribution in [0.25, 0.3) is 0 Å². The Kier molecular flexibility index (Phi) is 4.09. The van der Waals surface area contributed by atoms with Gasteiger partial charge in [0.25, 0.3) is 0 Å². The van der Waals surface area contributed by atoms with Crippen LogP contribution in [0.15, 0.2) is 40.9 Å². The third-order valence-electron chi connectivity index (χ3n) is 2.43. The molecule has 2 nitrogen and oxygen atoms in total. The quantitative estimate of drug-likeness (QED) is 0.864.